The van der Waals surface area contributed by atoms with Gasteiger partial charge in [-0.05, 0) is 54.8 Å². The Morgan fingerprint density at radius 1 is 1.19 bits per heavy atom. The summed E-state index contributed by atoms with van der Waals surface area (Å²) in [7, 11) is -3.72. The highest BCUT2D eigenvalue weighted by Gasteiger charge is 2.12. The maximum absolute atomic E-state index is 11.5. The molecule has 0 aromatic heterocycles. The van der Waals surface area contributed by atoms with Crippen molar-refractivity contribution in [2.45, 2.75) is 25.3 Å². The number of halogens is 1. The number of primary sulfonamides is 1. The molecule has 21 heavy (non-hydrogen) atoms. The molecule has 4 nitrogen and oxygen atoms in total. The molecule has 0 fully saturated rings. The highest BCUT2D eigenvalue weighted by molar-refractivity contribution is 7.89. The number of nitrogens with one attached hydrogen (secondary N) is 1. The van der Waals surface area contributed by atoms with E-state index in [0.717, 1.165) is 22.4 Å². The van der Waals surface area contributed by atoms with E-state index < -0.39 is 10.0 Å². The van der Waals surface area contributed by atoms with Gasteiger partial charge in [0.25, 0.3) is 0 Å². The van der Waals surface area contributed by atoms with Gasteiger partial charge in [0, 0.05) is 17.3 Å². The Balaban J connectivity index is 2.29. The van der Waals surface area contributed by atoms with Crippen molar-refractivity contribution in [1.29, 1.82) is 0 Å². The van der Waals surface area contributed by atoms with E-state index >= 15 is 0 Å². The second-order valence-corrected chi connectivity index (χ2v) is 6.94. The van der Waals surface area contributed by atoms with E-state index in [9.17, 15) is 8.42 Å². The smallest absolute Gasteiger partial charge is 0.238 e. The van der Waals surface area contributed by atoms with E-state index in [1.807, 2.05) is 38.1 Å². The van der Waals surface area contributed by atoms with Gasteiger partial charge >= 0.3 is 0 Å². The van der Waals surface area contributed by atoms with Crippen molar-refractivity contribution in [2.75, 3.05) is 5.32 Å². The van der Waals surface area contributed by atoms with Crippen molar-refractivity contribution in [3.05, 3.63) is 58.1 Å². The fourth-order valence-corrected chi connectivity index (χ4v) is 2.85. The predicted molar refractivity (Wildman–Crippen MR) is 86.1 cm³/mol. The van der Waals surface area contributed by atoms with Gasteiger partial charge in [0.05, 0.1) is 4.90 Å². The predicted octanol–water partition coefficient (Wildman–Crippen LogP) is 3.22. The summed E-state index contributed by atoms with van der Waals surface area (Å²) in [5.41, 5.74) is 3.62. The van der Waals surface area contributed by atoms with Gasteiger partial charge in [0.2, 0.25) is 10.0 Å². The van der Waals surface area contributed by atoms with E-state index in [2.05, 4.69) is 5.32 Å². The Kier molecular flexibility index (Phi) is 4.56. The van der Waals surface area contributed by atoms with Crippen LogP contribution in [0.2, 0.25) is 5.02 Å². The lowest BCUT2D eigenvalue weighted by Gasteiger charge is -2.14. The van der Waals surface area contributed by atoms with Crippen molar-refractivity contribution < 1.29 is 8.42 Å². The fourth-order valence-electron chi connectivity index (χ4n) is 2.02. The zero-order chi connectivity index (χ0) is 15.6. The van der Waals surface area contributed by atoms with Crippen LogP contribution in [0, 0.1) is 13.8 Å². The number of sulfonamides is 1. The first kappa shape index (κ1) is 15.8. The second-order valence-electron chi connectivity index (χ2n) is 4.94. The number of hydrogen-bond acceptors (Lipinski definition) is 3. The van der Waals surface area contributed by atoms with Gasteiger partial charge < -0.3 is 5.32 Å². The molecule has 0 bridgehead atoms. The standard InChI is InChI=1S/C15H17ClN2O2S/c1-10-6-14(21(17,19)20)8-15(11(10)2)18-9-12-4-3-5-13(16)7-12/h3-8,18H,9H2,1-2H3,(H2,17,19,20). The topological polar surface area (TPSA) is 72.2 Å². The number of aryl methyl sites for hydroxylation is 1. The molecule has 2 rings (SSSR count). The van der Waals surface area contributed by atoms with Crippen molar-refractivity contribution in [3.8, 4) is 0 Å². The largest absolute Gasteiger partial charge is 0.381 e. The Morgan fingerprint density at radius 3 is 2.52 bits per heavy atom. The highest BCUT2D eigenvalue weighted by atomic mass is 35.5. The zero-order valence-corrected chi connectivity index (χ0v) is 13.4. The number of nitrogens with two attached hydrogens (primary N) is 1. The highest BCUT2D eigenvalue weighted by Crippen LogP contribution is 2.24. The summed E-state index contributed by atoms with van der Waals surface area (Å²) in [5.74, 6) is 0. The third-order valence-corrected chi connectivity index (χ3v) is 4.47. The molecule has 3 N–H and O–H groups in total. The van der Waals surface area contributed by atoms with Crippen LogP contribution in [0.25, 0.3) is 0 Å². The Hall–Kier alpha value is -1.56. The van der Waals surface area contributed by atoms with Crippen LogP contribution in [0.15, 0.2) is 41.3 Å². The molecule has 0 saturated heterocycles. The summed E-state index contributed by atoms with van der Waals surface area (Å²) in [6.45, 7) is 4.34. The number of hydrogen-bond donors (Lipinski definition) is 2. The van der Waals surface area contributed by atoms with Gasteiger partial charge in [-0.15, -0.1) is 0 Å². The van der Waals surface area contributed by atoms with Crippen molar-refractivity contribution >= 4 is 27.3 Å². The Labute approximate surface area is 130 Å². The molecule has 0 spiro atoms. The monoisotopic (exact) mass is 324 g/mol. The van der Waals surface area contributed by atoms with Gasteiger partial charge in [-0.1, -0.05) is 23.7 Å². The molecule has 0 saturated carbocycles. The van der Waals surface area contributed by atoms with E-state index in [1.54, 1.807) is 12.1 Å². The molecule has 0 unspecified atom stereocenters. The lowest BCUT2D eigenvalue weighted by Crippen LogP contribution is -2.13. The molecule has 0 amide bonds. The van der Waals surface area contributed by atoms with Gasteiger partial charge in [0.1, 0.15) is 0 Å². The first-order valence-electron chi connectivity index (χ1n) is 6.40. The van der Waals surface area contributed by atoms with Crippen LogP contribution in [0.1, 0.15) is 16.7 Å². The third kappa shape index (κ3) is 3.97. The minimum atomic E-state index is -3.72. The molecular formula is C15H17ClN2O2S. The van der Waals surface area contributed by atoms with Crippen molar-refractivity contribution in [2.24, 2.45) is 5.14 Å². The summed E-state index contributed by atoms with van der Waals surface area (Å²) < 4.78 is 23.0. The molecule has 0 heterocycles. The fraction of sp³-hybridized carbons (Fsp3) is 0.200. The van der Waals surface area contributed by atoms with Crippen molar-refractivity contribution in [1.82, 2.24) is 0 Å². The maximum atomic E-state index is 11.5. The summed E-state index contributed by atoms with van der Waals surface area (Å²) >= 11 is 5.94. The zero-order valence-electron chi connectivity index (χ0n) is 11.9. The Morgan fingerprint density at radius 2 is 1.90 bits per heavy atom. The van der Waals surface area contributed by atoms with E-state index in [0.29, 0.717) is 11.6 Å². The summed E-state index contributed by atoms with van der Waals surface area (Å²) in [4.78, 5) is 0.110. The number of anilines is 1. The Bertz CT molecular complexity index is 773. The molecule has 2 aromatic carbocycles. The van der Waals surface area contributed by atoms with E-state index in [1.165, 1.54) is 0 Å². The van der Waals surface area contributed by atoms with Crippen molar-refractivity contribution in [3.63, 3.8) is 0 Å². The first-order valence-corrected chi connectivity index (χ1v) is 8.32. The number of benzene rings is 2. The van der Waals surface area contributed by atoms with Gasteiger partial charge in [-0.3, -0.25) is 0 Å². The van der Waals surface area contributed by atoms with Gasteiger partial charge in [-0.2, -0.15) is 0 Å². The average Bonchev–Trinajstić information content (AvgIpc) is 2.39. The minimum absolute atomic E-state index is 0.110. The van der Waals surface area contributed by atoms with Gasteiger partial charge in [-0.25, -0.2) is 13.6 Å². The van der Waals surface area contributed by atoms with Crippen LogP contribution in [0.3, 0.4) is 0 Å². The van der Waals surface area contributed by atoms with E-state index in [-0.39, 0.29) is 4.90 Å². The van der Waals surface area contributed by atoms with Crippen LogP contribution >= 0.6 is 11.6 Å². The summed E-state index contributed by atoms with van der Waals surface area (Å²) in [5, 5.41) is 9.10. The lowest BCUT2D eigenvalue weighted by atomic mass is 10.1. The van der Waals surface area contributed by atoms with Crippen LogP contribution in [-0.4, -0.2) is 8.42 Å². The molecular weight excluding hydrogens is 308 g/mol. The minimum Gasteiger partial charge on any atom is -0.381 e. The molecule has 112 valence electrons. The lowest BCUT2D eigenvalue weighted by molar-refractivity contribution is 0.597. The molecule has 0 atom stereocenters. The second kappa shape index (κ2) is 6.05. The molecule has 2 aromatic rings. The summed E-state index contributed by atoms with van der Waals surface area (Å²) in [6.07, 6.45) is 0. The molecule has 6 heteroatoms. The van der Waals surface area contributed by atoms with Crippen LogP contribution in [0.4, 0.5) is 5.69 Å². The van der Waals surface area contributed by atoms with Gasteiger partial charge in [0.15, 0.2) is 0 Å². The SMILES string of the molecule is Cc1cc(S(N)(=O)=O)cc(NCc2cccc(Cl)c2)c1C. The molecule has 0 aliphatic rings. The molecule has 0 aliphatic carbocycles. The van der Waals surface area contributed by atoms with Crippen LogP contribution in [-0.2, 0) is 16.6 Å². The van der Waals surface area contributed by atoms with Crippen LogP contribution in [0.5, 0.6) is 0 Å². The molecule has 0 aliphatic heterocycles. The quantitative estimate of drug-likeness (QED) is 0.907. The summed E-state index contributed by atoms with van der Waals surface area (Å²) in [6, 6.07) is 10.6. The normalized spacial score (nSPS) is 11.4. The number of rotatable bonds is 4. The first-order chi connectivity index (χ1) is 9.77. The maximum Gasteiger partial charge on any atom is 0.238 e. The third-order valence-electron chi connectivity index (χ3n) is 3.34. The average molecular weight is 325 g/mol. The van der Waals surface area contributed by atoms with E-state index in [4.69, 9.17) is 16.7 Å². The van der Waals surface area contributed by atoms with Crippen LogP contribution < -0.4 is 10.5 Å². The molecule has 0 radical (unpaired) electrons.